The molecule has 1 atom stereocenters. The molecule has 2 amide bonds. The van der Waals surface area contributed by atoms with Gasteiger partial charge in [-0.3, -0.25) is 13.9 Å². The largest absolute Gasteiger partial charge is 0.355 e. The maximum absolute atomic E-state index is 13.9. The highest BCUT2D eigenvalue weighted by Gasteiger charge is 2.33. The van der Waals surface area contributed by atoms with Crippen LogP contribution >= 0.6 is 0 Å². The highest BCUT2D eigenvalue weighted by Crippen LogP contribution is 2.21. The summed E-state index contributed by atoms with van der Waals surface area (Å²) in [6, 6.07) is 24.8. The van der Waals surface area contributed by atoms with Gasteiger partial charge < -0.3 is 10.2 Å². The fourth-order valence-corrected chi connectivity index (χ4v) is 4.87. The van der Waals surface area contributed by atoms with Crippen molar-refractivity contribution in [1.82, 2.24) is 10.2 Å². The Morgan fingerprint density at radius 2 is 1.47 bits per heavy atom. The van der Waals surface area contributed by atoms with Crippen molar-refractivity contribution in [1.29, 1.82) is 0 Å². The number of carbonyl (C=O) groups is 2. The highest BCUT2D eigenvalue weighted by molar-refractivity contribution is 7.92. The zero-order valence-corrected chi connectivity index (χ0v) is 21.7. The predicted molar refractivity (Wildman–Crippen MR) is 143 cm³/mol. The molecule has 3 aromatic carbocycles. The number of hydrogen-bond donors (Lipinski definition) is 1. The minimum absolute atomic E-state index is 0.173. The van der Waals surface area contributed by atoms with Gasteiger partial charge in [0.1, 0.15) is 12.6 Å². The summed E-state index contributed by atoms with van der Waals surface area (Å²) in [6.45, 7) is 3.94. The molecule has 7 nitrogen and oxygen atoms in total. The molecule has 0 aromatic heterocycles. The molecule has 0 bridgehead atoms. The van der Waals surface area contributed by atoms with Crippen LogP contribution in [0, 0.1) is 6.92 Å². The van der Waals surface area contributed by atoms with Crippen LogP contribution in [0.2, 0.25) is 0 Å². The van der Waals surface area contributed by atoms with E-state index in [1.165, 1.54) is 4.90 Å². The number of likely N-dealkylation sites (N-methyl/N-ethyl adjacent to an activating group) is 1. The zero-order chi connectivity index (χ0) is 26.1. The first-order valence-electron chi connectivity index (χ1n) is 11.9. The summed E-state index contributed by atoms with van der Waals surface area (Å²) in [5.41, 5.74) is 3.16. The lowest BCUT2D eigenvalue weighted by Crippen LogP contribution is -2.53. The van der Waals surface area contributed by atoms with Crippen molar-refractivity contribution in [3.63, 3.8) is 0 Å². The van der Waals surface area contributed by atoms with Gasteiger partial charge in [-0.1, -0.05) is 72.8 Å². The van der Waals surface area contributed by atoms with Gasteiger partial charge in [0.15, 0.2) is 0 Å². The topological polar surface area (TPSA) is 86.8 Å². The van der Waals surface area contributed by atoms with Gasteiger partial charge in [0, 0.05) is 19.5 Å². The van der Waals surface area contributed by atoms with Crippen molar-refractivity contribution in [3.05, 3.63) is 102 Å². The van der Waals surface area contributed by atoms with E-state index in [9.17, 15) is 18.0 Å². The molecule has 3 rings (SSSR count). The Morgan fingerprint density at radius 1 is 0.889 bits per heavy atom. The van der Waals surface area contributed by atoms with Crippen LogP contribution in [-0.2, 0) is 32.6 Å². The van der Waals surface area contributed by atoms with E-state index in [2.05, 4.69) is 5.32 Å². The monoisotopic (exact) mass is 507 g/mol. The number of sulfonamides is 1. The minimum Gasteiger partial charge on any atom is -0.355 e. The summed E-state index contributed by atoms with van der Waals surface area (Å²) in [7, 11) is -3.76. The van der Waals surface area contributed by atoms with E-state index < -0.39 is 28.5 Å². The highest BCUT2D eigenvalue weighted by atomic mass is 32.2. The maximum atomic E-state index is 13.9. The van der Waals surface area contributed by atoms with Crippen LogP contribution in [0.3, 0.4) is 0 Å². The van der Waals surface area contributed by atoms with Crippen LogP contribution in [0.1, 0.15) is 23.6 Å². The van der Waals surface area contributed by atoms with Crippen LogP contribution in [0.25, 0.3) is 0 Å². The van der Waals surface area contributed by atoms with Gasteiger partial charge in [-0.05, 0) is 42.7 Å². The molecular weight excluding hydrogens is 474 g/mol. The average molecular weight is 508 g/mol. The van der Waals surface area contributed by atoms with Gasteiger partial charge in [-0.25, -0.2) is 8.42 Å². The number of para-hydroxylation sites is 1. The summed E-state index contributed by atoms with van der Waals surface area (Å²) in [5.74, 6) is -0.742. The van der Waals surface area contributed by atoms with Gasteiger partial charge in [-0.15, -0.1) is 0 Å². The van der Waals surface area contributed by atoms with Crippen molar-refractivity contribution in [2.45, 2.75) is 32.9 Å². The van der Waals surface area contributed by atoms with E-state index >= 15 is 0 Å². The van der Waals surface area contributed by atoms with Crippen LogP contribution < -0.4 is 9.62 Å². The Hall–Kier alpha value is -3.65. The first kappa shape index (κ1) is 26.9. The second-order valence-electron chi connectivity index (χ2n) is 8.65. The summed E-state index contributed by atoms with van der Waals surface area (Å²) < 4.78 is 26.4. The molecule has 0 fully saturated rings. The summed E-state index contributed by atoms with van der Waals surface area (Å²) in [4.78, 5) is 28.7. The quantitative estimate of drug-likeness (QED) is 0.430. The molecule has 0 spiro atoms. The first-order valence-corrected chi connectivity index (χ1v) is 13.7. The predicted octanol–water partition coefficient (Wildman–Crippen LogP) is 3.54. The zero-order valence-electron chi connectivity index (χ0n) is 20.9. The summed E-state index contributed by atoms with van der Waals surface area (Å²) in [5, 5.41) is 2.85. The Morgan fingerprint density at radius 3 is 2.06 bits per heavy atom. The number of hydrogen-bond acceptors (Lipinski definition) is 4. The molecule has 3 aromatic rings. The normalized spacial score (nSPS) is 12.0. The van der Waals surface area contributed by atoms with Crippen molar-refractivity contribution >= 4 is 27.5 Å². The van der Waals surface area contributed by atoms with Crippen LogP contribution in [0.4, 0.5) is 5.69 Å². The standard InChI is InChI=1S/C28H33N3O4S/c1-4-29-28(33)26(19-23-14-7-5-8-15-23)30(20-24-16-12-11-13-22(24)2)27(32)21-31(36(3,34)35)25-17-9-6-10-18-25/h5-18,26H,4,19-21H2,1-3H3,(H,29,33). The molecule has 190 valence electrons. The Kier molecular flexibility index (Phi) is 9.25. The van der Waals surface area contributed by atoms with Crippen molar-refractivity contribution in [3.8, 4) is 0 Å². The third kappa shape index (κ3) is 7.18. The molecular formula is C28H33N3O4S. The minimum atomic E-state index is -3.76. The smallest absolute Gasteiger partial charge is 0.244 e. The Labute approximate surface area is 213 Å². The van der Waals surface area contributed by atoms with Gasteiger partial charge in [0.05, 0.1) is 11.9 Å². The molecule has 0 saturated carbocycles. The van der Waals surface area contributed by atoms with E-state index in [0.29, 0.717) is 18.7 Å². The molecule has 0 aliphatic heterocycles. The molecule has 36 heavy (non-hydrogen) atoms. The number of amides is 2. The molecule has 1 unspecified atom stereocenters. The molecule has 0 aliphatic rings. The number of rotatable bonds is 11. The van der Waals surface area contributed by atoms with Crippen molar-refractivity contribution < 1.29 is 18.0 Å². The summed E-state index contributed by atoms with van der Waals surface area (Å²) in [6.07, 6.45) is 1.37. The Balaban J connectivity index is 2.03. The van der Waals surface area contributed by atoms with E-state index in [1.807, 2.05) is 68.4 Å². The van der Waals surface area contributed by atoms with Gasteiger partial charge in [0.2, 0.25) is 21.8 Å². The number of anilines is 1. The third-order valence-corrected chi connectivity index (χ3v) is 7.09. The third-order valence-electron chi connectivity index (χ3n) is 5.95. The van der Waals surface area contributed by atoms with Crippen LogP contribution in [-0.4, -0.2) is 50.5 Å². The number of aryl methyl sites for hydroxylation is 1. The van der Waals surface area contributed by atoms with Crippen LogP contribution in [0.15, 0.2) is 84.9 Å². The molecule has 0 aliphatic carbocycles. The lowest BCUT2D eigenvalue weighted by molar-refractivity contribution is -0.140. The summed E-state index contributed by atoms with van der Waals surface area (Å²) >= 11 is 0. The number of nitrogens with one attached hydrogen (secondary N) is 1. The fourth-order valence-electron chi connectivity index (χ4n) is 4.02. The lowest BCUT2D eigenvalue weighted by Gasteiger charge is -2.33. The first-order chi connectivity index (χ1) is 17.2. The van der Waals surface area contributed by atoms with Gasteiger partial charge in [-0.2, -0.15) is 0 Å². The Bertz CT molecular complexity index is 1260. The number of nitrogens with zero attached hydrogens (tertiary/aromatic N) is 2. The van der Waals surface area contributed by atoms with Gasteiger partial charge in [0.25, 0.3) is 0 Å². The molecule has 0 radical (unpaired) electrons. The van der Waals surface area contributed by atoms with Crippen molar-refractivity contribution in [2.75, 3.05) is 23.7 Å². The lowest BCUT2D eigenvalue weighted by atomic mass is 10.0. The molecule has 8 heteroatoms. The average Bonchev–Trinajstić information content (AvgIpc) is 2.86. The van der Waals surface area contributed by atoms with E-state index in [0.717, 1.165) is 27.3 Å². The fraction of sp³-hybridized carbons (Fsp3) is 0.286. The number of carbonyl (C=O) groups excluding carboxylic acids is 2. The molecule has 1 N–H and O–H groups in total. The second-order valence-corrected chi connectivity index (χ2v) is 10.6. The van der Waals surface area contributed by atoms with Crippen molar-refractivity contribution in [2.24, 2.45) is 0 Å². The SMILES string of the molecule is CCNC(=O)C(Cc1ccccc1)N(Cc1ccccc1C)C(=O)CN(c1ccccc1)S(C)(=O)=O. The van der Waals surface area contributed by atoms with Gasteiger partial charge >= 0.3 is 0 Å². The van der Waals surface area contributed by atoms with E-state index in [1.54, 1.807) is 30.3 Å². The van der Waals surface area contributed by atoms with E-state index in [-0.39, 0.29) is 12.5 Å². The molecule has 0 heterocycles. The number of benzene rings is 3. The van der Waals surface area contributed by atoms with E-state index in [4.69, 9.17) is 0 Å². The molecule has 0 saturated heterocycles. The second kappa shape index (κ2) is 12.4. The van der Waals surface area contributed by atoms with Crippen LogP contribution in [0.5, 0.6) is 0 Å². The maximum Gasteiger partial charge on any atom is 0.244 e.